The van der Waals surface area contributed by atoms with E-state index in [-0.39, 0.29) is 0 Å². The molecule has 0 saturated carbocycles. The number of hydrogen-bond donors (Lipinski definition) is 0. The normalized spacial score (nSPS) is 13.4. The summed E-state index contributed by atoms with van der Waals surface area (Å²) in [6.45, 7) is 2.07. The van der Waals surface area contributed by atoms with Crippen LogP contribution in [0.4, 0.5) is 0 Å². The van der Waals surface area contributed by atoms with Gasteiger partial charge in [0.05, 0.1) is 0 Å². The van der Waals surface area contributed by atoms with E-state index >= 15 is 0 Å². The fourth-order valence-electron chi connectivity index (χ4n) is 0.330. The summed E-state index contributed by atoms with van der Waals surface area (Å²) < 4.78 is 0. The molecule has 1 nitrogen and oxygen atoms in total. The minimum absolute atomic E-state index is 0.451. The lowest BCUT2D eigenvalue weighted by atomic mass is 10.2. The predicted octanol–water partition coefficient (Wildman–Crippen LogP) is 0.916. The average molecular weight is 110 g/mol. The van der Waals surface area contributed by atoms with Crippen LogP contribution in [-0.2, 0) is 0 Å². The van der Waals surface area contributed by atoms with E-state index < -0.39 is 0 Å². The van der Waals surface area contributed by atoms with Gasteiger partial charge < -0.3 is 4.90 Å². The highest BCUT2D eigenvalue weighted by Crippen LogP contribution is 1.94. The van der Waals surface area contributed by atoms with Gasteiger partial charge in [-0.2, -0.15) is 0 Å². The van der Waals surface area contributed by atoms with E-state index in [1.54, 1.807) is 0 Å². The monoisotopic (exact) mass is 110 g/mol. The van der Waals surface area contributed by atoms with Gasteiger partial charge in [0.25, 0.3) is 0 Å². The van der Waals surface area contributed by atoms with Gasteiger partial charge in [0.15, 0.2) is 0 Å². The van der Waals surface area contributed by atoms with Gasteiger partial charge in [-0.05, 0) is 27.4 Å². The topological polar surface area (TPSA) is 3.24 Å². The van der Waals surface area contributed by atoms with E-state index in [2.05, 4.69) is 17.7 Å². The molecule has 0 amide bonds. The Morgan fingerprint density at radius 2 is 2.12 bits per heavy atom. The standard InChI is InChI=1S/C7H12N/c1-5-6-7(2)8(3)4/h7H,6H2,2-4H3. The Morgan fingerprint density at radius 1 is 1.62 bits per heavy atom. The van der Waals surface area contributed by atoms with E-state index in [1.165, 1.54) is 0 Å². The second-order valence-corrected chi connectivity index (χ2v) is 2.19. The number of nitrogens with zero attached hydrogens (tertiary/aromatic N) is 1. The maximum atomic E-state index is 6.65. The quantitative estimate of drug-likeness (QED) is 0.478. The van der Waals surface area contributed by atoms with Gasteiger partial charge in [-0.15, -0.1) is 0 Å². The van der Waals surface area contributed by atoms with Gasteiger partial charge in [0.2, 0.25) is 0 Å². The highest BCUT2D eigenvalue weighted by Gasteiger charge is 1.99. The maximum Gasteiger partial charge on any atom is 0.0252 e. The Morgan fingerprint density at radius 3 is 2.25 bits per heavy atom. The molecule has 0 aromatic heterocycles. The molecule has 0 bridgehead atoms. The molecule has 0 fully saturated rings. The Hall–Kier alpha value is -0.480. The maximum absolute atomic E-state index is 6.65. The molecule has 0 aromatic rings. The zero-order valence-electron chi connectivity index (χ0n) is 5.73. The number of rotatable bonds is 2. The Bertz CT molecular complexity index is 89.1. The molecule has 8 heavy (non-hydrogen) atoms. The van der Waals surface area contributed by atoms with Crippen LogP contribution in [0.2, 0.25) is 0 Å². The fraction of sp³-hybridized carbons (Fsp3) is 0.714. The van der Waals surface area contributed by atoms with Gasteiger partial charge in [0, 0.05) is 12.5 Å². The molecule has 45 valence electrons. The summed E-state index contributed by atoms with van der Waals surface area (Å²) in [5.74, 6) is 2.36. The molecule has 1 atom stereocenters. The van der Waals surface area contributed by atoms with Crippen LogP contribution < -0.4 is 0 Å². The zero-order valence-corrected chi connectivity index (χ0v) is 5.73. The smallest absolute Gasteiger partial charge is 0.0252 e. The van der Waals surface area contributed by atoms with Gasteiger partial charge in [-0.3, -0.25) is 0 Å². The third-order valence-corrected chi connectivity index (χ3v) is 1.28. The van der Waals surface area contributed by atoms with Crippen LogP contribution in [0.25, 0.3) is 0 Å². The molecule has 1 unspecified atom stereocenters. The molecule has 0 N–H and O–H groups in total. The van der Waals surface area contributed by atoms with Crippen LogP contribution in [0.15, 0.2) is 0 Å². The van der Waals surface area contributed by atoms with Gasteiger partial charge in [0.1, 0.15) is 0 Å². The first-order valence-corrected chi connectivity index (χ1v) is 2.74. The first-order valence-electron chi connectivity index (χ1n) is 2.74. The van der Waals surface area contributed by atoms with E-state index in [9.17, 15) is 0 Å². The van der Waals surface area contributed by atoms with Crippen molar-refractivity contribution >= 4 is 0 Å². The van der Waals surface area contributed by atoms with E-state index in [0.29, 0.717) is 6.04 Å². The van der Waals surface area contributed by atoms with Crippen molar-refractivity contribution in [3.05, 3.63) is 6.42 Å². The summed E-state index contributed by atoms with van der Waals surface area (Å²) in [5, 5.41) is 0. The molecule has 1 radical (unpaired) electrons. The minimum Gasteiger partial charge on any atom is -0.306 e. The summed E-state index contributed by atoms with van der Waals surface area (Å²) in [6.07, 6.45) is 7.38. The second-order valence-electron chi connectivity index (χ2n) is 2.19. The molecule has 0 aliphatic carbocycles. The summed E-state index contributed by atoms with van der Waals surface area (Å²) in [6, 6.07) is 0.451. The lowest BCUT2D eigenvalue weighted by Crippen LogP contribution is -2.23. The molecule has 0 heterocycles. The molecule has 0 saturated heterocycles. The average Bonchev–Trinajstić information content (AvgIpc) is 1.67. The van der Waals surface area contributed by atoms with Crippen LogP contribution in [-0.4, -0.2) is 25.0 Å². The van der Waals surface area contributed by atoms with Crippen molar-refractivity contribution in [3.63, 3.8) is 0 Å². The fourth-order valence-corrected chi connectivity index (χ4v) is 0.330. The third kappa shape index (κ3) is 2.65. The highest BCUT2D eigenvalue weighted by atomic mass is 15.1. The Labute approximate surface area is 51.7 Å². The lowest BCUT2D eigenvalue weighted by molar-refractivity contribution is 0.319. The van der Waals surface area contributed by atoms with Gasteiger partial charge >= 0.3 is 0 Å². The lowest BCUT2D eigenvalue weighted by Gasteiger charge is -2.15. The van der Waals surface area contributed by atoms with Crippen LogP contribution >= 0.6 is 0 Å². The van der Waals surface area contributed by atoms with Crippen molar-refractivity contribution in [2.24, 2.45) is 0 Å². The van der Waals surface area contributed by atoms with Crippen molar-refractivity contribution < 1.29 is 0 Å². The molecular formula is C7H12N. The summed E-state index contributed by atoms with van der Waals surface area (Å²) in [7, 11) is 4.00. The summed E-state index contributed by atoms with van der Waals surface area (Å²) in [5.41, 5.74) is 0. The largest absolute Gasteiger partial charge is 0.306 e. The molecule has 0 spiro atoms. The summed E-state index contributed by atoms with van der Waals surface area (Å²) in [4.78, 5) is 2.07. The van der Waals surface area contributed by atoms with E-state index in [4.69, 9.17) is 6.42 Å². The molecular weight excluding hydrogens is 98.1 g/mol. The van der Waals surface area contributed by atoms with Crippen LogP contribution in [0.3, 0.4) is 0 Å². The number of hydrogen-bond acceptors (Lipinski definition) is 1. The van der Waals surface area contributed by atoms with Crippen molar-refractivity contribution in [2.45, 2.75) is 19.4 Å². The Balaban J connectivity index is 3.35. The van der Waals surface area contributed by atoms with E-state index in [1.807, 2.05) is 14.1 Å². The van der Waals surface area contributed by atoms with Crippen molar-refractivity contribution in [1.82, 2.24) is 4.90 Å². The van der Waals surface area contributed by atoms with Crippen LogP contribution in [0.5, 0.6) is 0 Å². The van der Waals surface area contributed by atoms with Crippen LogP contribution in [0.1, 0.15) is 13.3 Å². The van der Waals surface area contributed by atoms with Gasteiger partial charge in [-0.1, -0.05) is 5.92 Å². The van der Waals surface area contributed by atoms with E-state index in [0.717, 1.165) is 6.42 Å². The van der Waals surface area contributed by atoms with Gasteiger partial charge in [-0.25, -0.2) is 0 Å². The molecule has 0 rings (SSSR count). The van der Waals surface area contributed by atoms with Crippen molar-refractivity contribution in [2.75, 3.05) is 14.1 Å². The molecule has 1 heteroatoms. The molecule has 0 aliphatic heterocycles. The van der Waals surface area contributed by atoms with Crippen molar-refractivity contribution in [3.8, 4) is 5.92 Å². The highest BCUT2D eigenvalue weighted by molar-refractivity contribution is 4.81. The first-order chi connectivity index (χ1) is 3.68. The minimum atomic E-state index is 0.451. The first kappa shape index (κ1) is 7.52. The Kier molecular flexibility index (Phi) is 3.30. The zero-order chi connectivity index (χ0) is 6.57. The third-order valence-electron chi connectivity index (χ3n) is 1.28. The second kappa shape index (κ2) is 3.51. The summed E-state index contributed by atoms with van der Waals surface area (Å²) >= 11 is 0. The molecule has 0 aliphatic rings. The SMILES string of the molecule is [C]#CCC(C)N(C)C. The predicted molar refractivity (Wildman–Crippen MR) is 34.9 cm³/mol. The van der Waals surface area contributed by atoms with Crippen LogP contribution in [0, 0.1) is 12.3 Å². The van der Waals surface area contributed by atoms with Crippen molar-refractivity contribution in [1.29, 1.82) is 0 Å². The molecule has 0 aromatic carbocycles.